The molecule has 42 heavy (non-hydrogen) atoms. The van der Waals surface area contributed by atoms with Crippen molar-refractivity contribution >= 4 is 44.8 Å². The van der Waals surface area contributed by atoms with Gasteiger partial charge in [-0.3, -0.25) is 14.9 Å². The van der Waals surface area contributed by atoms with Crippen molar-refractivity contribution < 1.29 is 32.2 Å². The third-order valence-electron chi connectivity index (χ3n) is 8.50. The number of carbonyl (C=O) groups is 2. The summed E-state index contributed by atoms with van der Waals surface area (Å²) in [5.74, 6) is -0.927. The number of hydrogen-bond acceptors (Lipinski definition) is 5. The first-order valence-electron chi connectivity index (χ1n) is 14.1. The van der Waals surface area contributed by atoms with Gasteiger partial charge in [0.1, 0.15) is 0 Å². The highest BCUT2D eigenvalue weighted by atomic mass is 19.4. The highest BCUT2D eigenvalue weighted by Gasteiger charge is 2.44. The number of nitrogens with one attached hydrogen (secondary N) is 1. The summed E-state index contributed by atoms with van der Waals surface area (Å²) >= 11 is 0. The number of aromatic nitrogens is 2. The second-order valence-electron chi connectivity index (χ2n) is 11.0. The van der Waals surface area contributed by atoms with Crippen molar-refractivity contribution in [1.82, 2.24) is 19.4 Å². The summed E-state index contributed by atoms with van der Waals surface area (Å²) in [6, 6.07) is 14.4. The summed E-state index contributed by atoms with van der Waals surface area (Å²) in [4.78, 5) is 27.1. The van der Waals surface area contributed by atoms with Gasteiger partial charge in [-0.05, 0) is 25.0 Å². The van der Waals surface area contributed by atoms with Gasteiger partial charge in [0.15, 0.2) is 0 Å². The predicted molar refractivity (Wildman–Crippen MR) is 150 cm³/mol. The van der Waals surface area contributed by atoms with E-state index in [9.17, 15) is 22.8 Å². The van der Waals surface area contributed by atoms with Crippen LogP contribution in [0.15, 0.2) is 60.9 Å². The predicted octanol–water partition coefficient (Wildman–Crippen LogP) is 4.56. The number of carbonyl (C=O) groups excluding carboxylic acids is 2. The van der Waals surface area contributed by atoms with Crippen LogP contribution in [0.4, 0.5) is 13.2 Å². The zero-order valence-electron chi connectivity index (χ0n) is 22.7. The highest BCUT2D eigenvalue weighted by molar-refractivity contribution is 6.50. The van der Waals surface area contributed by atoms with Crippen molar-refractivity contribution in [3.63, 3.8) is 0 Å². The van der Waals surface area contributed by atoms with E-state index in [1.54, 1.807) is 0 Å². The lowest BCUT2D eigenvalue weighted by atomic mass is 9.95. The molecular weight excluding hydrogens is 549 g/mol. The molecular formula is C31H29F3N4O4. The fourth-order valence-corrected chi connectivity index (χ4v) is 6.51. The monoisotopic (exact) mass is 578 g/mol. The number of alkyl halides is 3. The Balaban J connectivity index is 1.36. The van der Waals surface area contributed by atoms with Crippen molar-refractivity contribution in [2.24, 2.45) is 0 Å². The molecule has 0 spiro atoms. The number of ether oxygens (including phenoxy) is 2. The number of amides is 2. The van der Waals surface area contributed by atoms with Gasteiger partial charge in [-0.25, -0.2) is 4.90 Å². The molecule has 3 aliphatic rings. The maximum absolute atomic E-state index is 14.2. The Kier molecular flexibility index (Phi) is 6.68. The molecule has 0 radical (unpaired) electrons. The van der Waals surface area contributed by atoms with Crippen molar-refractivity contribution in [1.29, 1.82) is 0 Å². The number of imide groups is 1. The van der Waals surface area contributed by atoms with Crippen LogP contribution in [0.5, 0.6) is 0 Å². The molecule has 3 aliphatic heterocycles. The van der Waals surface area contributed by atoms with E-state index in [0.29, 0.717) is 59.7 Å². The fourth-order valence-electron chi connectivity index (χ4n) is 6.51. The van der Waals surface area contributed by atoms with E-state index in [4.69, 9.17) is 9.47 Å². The summed E-state index contributed by atoms with van der Waals surface area (Å²) in [5.41, 5.74) is 3.50. The fraction of sp³-hybridized carbons (Fsp3) is 0.355. The normalized spacial score (nSPS) is 21.8. The van der Waals surface area contributed by atoms with E-state index >= 15 is 0 Å². The van der Waals surface area contributed by atoms with E-state index in [-0.39, 0.29) is 19.8 Å². The molecule has 1 N–H and O–H groups in total. The first-order valence-corrected chi connectivity index (χ1v) is 14.1. The smallest absolute Gasteiger partial charge is 0.380 e. The molecule has 1 unspecified atom stereocenters. The molecule has 1 fully saturated rings. The van der Waals surface area contributed by atoms with Crippen LogP contribution in [-0.2, 0) is 32.2 Å². The number of para-hydroxylation sites is 2. The molecule has 2 atom stereocenters. The number of nitrogens with zero attached hydrogens (tertiary/aromatic N) is 3. The van der Waals surface area contributed by atoms with Gasteiger partial charge in [0, 0.05) is 77.6 Å². The quantitative estimate of drug-likeness (QED) is 0.285. The molecule has 2 amide bonds. The number of fused-ring (bicyclic) bond motifs is 12. The van der Waals surface area contributed by atoms with Crippen molar-refractivity contribution in [2.45, 2.75) is 44.4 Å². The molecule has 0 saturated carbocycles. The van der Waals surface area contributed by atoms with Crippen LogP contribution < -0.4 is 5.32 Å². The number of rotatable bonds is 3. The van der Waals surface area contributed by atoms with E-state index in [2.05, 4.69) is 5.32 Å². The van der Waals surface area contributed by atoms with Crippen LogP contribution in [0.3, 0.4) is 0 Å². The zero-order chi connectivity index (χ0) is 29.0. The summed E-state index contributed by atoms with van der Waals surface area (Å²) in [6.07, 6.45) is -0.954. The number of benzene rings is 2. The van der Waals surface area contributed by atoms with Gasteiger partial charge >= 0.3 is 6.30 Å². The lowest BCUT2D eigenvalue weighted by molar-refractivity contribution is -0.265. The van der Waals surface area contributed by atoms with Gasteiger partial charge in [-0.15, -0.1) is 0 Å². The Morgan fingerprint density at radius 3 is 2.00 bits per heavy atom. The SMILES string of the molecule is O=C1NC(=O)C2=C1c1cn(c3ccccc13)CCO[C@H](CN(C1CCOC1)C(F)(F)F)CCn1cc2c2ccccc21. The second kappa shape index (κ2) is 10.4. The van der Waals surface area contributed by atoms with Crippen LogP contribution in [0.25, 0.3) is 33.0 Å². The molecule has 218 valence electrons. The first-order chi connectivity index (χ1) is 20.3. The summed E-state index contributed by atoms with van der Waals surface area (Å²) in [7, 11) is 0. The lowest BCUT2D eigenvalue weighted by Gasteiger charge is -2.33. The van der Waals surface area contributed by atoms with Crippen molar-refractivity contribution in [2.75, 3.05) is 26.4 Å². The standard InChI is InChI=1S/C31H29F3N4O4/c32-31(33,34)38(19-10-13-41-18-19)15-20-9-11-36-16-23(21-5-1-3-7-25(21)36)27-28(30(40)35-29(27)39)24-17-37(12-14-42-20)26-8-4-2-6-22(24)26/h1-8,16-17,19-20H,9-15,18H2,(H,35,39,40)/t19?,20-/m0/s1. The summed E-state index contributed by atoms with van der Waals surface area (Å²) < 4.78 is 58.0. The molecule has 11 heteroatoms. The first kappa shape index (κ1) is 26.9. The Morgan fingerprint density at radius 1 is 0.833 bits per heavy atom. The van der Waals surface area contributed by atoms with E-state index in [0.717, 1.165) is 21.8 Å². The molecule has 2 aromatic heterocycles. The van der Waals surface area contributed by atoms with Gasteiger partial charge in [-0.1, -0.05) is 36.4 Å². The maximum atomic E-state index is 14.2. The number of hydrogen-bond donors (Lipinski definition) is 1. The minimum atomic E-state index is -4.52. The van der Waals surface area contributed by atoms with Crippen LogP contribution in [0.2, 0.25) is 0 Å². The average molecular weight is 579 g/mol. The largest absolute Gasteiger partial charge is 0.460 e. The highest BCUT2D eigenvalue weighted by Crippen LogP contribution is 2.39. The Bertz CT molecular complexity index is 1730. The minimum Gasteiger partial charge on any atom is -0.380 e. The molecule has 4 aromatic rings. The molecule has 4 bridgehead atoms. The van der Waals surface area contributed by atoms with Crippen LogP contribution in [0, 0.1) is 0 Å². The van der Waals surface area contributed by atoms with E-state index < -0.39 is 30.3 Å². The second-order valence-corrected chi connectivity index (χ2v) is 11.0. The molecule has 2 aromatic carbocycles. The summed E-state index contributed by atoms with van der Waals surface area (Å²) in [6.45, 7) is 0.924. The Hall–Kier alpha value is -3.93. The maximum Gasteiger partial charge on any atom is 0.460 e. The Labute approximate surface area is 239 Å². The van der Waals surface area contributed by atoms with Gasteiger partial charge in [0.2, 0.25) is 0 Å². The number of halogens is 3. The van der Waals surface area contributed by atoms with Crippen LogP contribution in [0.1, 0.15) is 24.0 Å². The topological polar surface area (TPSA) is 77.7 Å². The van der Waals surface area contributed by atoms with Gasteiger partial charge in [-0.2, -0.15) is 13.2 Å². The molecule has 1 saturated heterocycles. The van der Waals surface area contributed by atoms with Crippen LogP contribution >= 0.6 is 0 Å². The van der Waals surface area contributed by atoms with Gasteiger partial charge in [0.25, 0.3) is 11.8 Å². The van der Waals surface area contributed by atoms with E-state index in [1.165, 1.54) is 0 Å². The van der Waals surface area contributed by atoms with Crippen molar-refractivity contribution in [3.05, 3.63) is 72.1 Å². The van der Waals surface area contributed by atoms with Crippen molar-refractivity contribution in [3.8, 4) is 0 Å². The van der Waals surface area contributed by atoms with Gasteiger partial charge < -0.3 is 18.6 Å². The molecule has 5 heterocycles. The zero-order valence-corrected chi connectivity index (χ0v) is 22.7. The Morgan fingerprint density at radius 2 is 1.43 bits per heavy atom. The lowest BCUT2D eigenvalue weighted by Crippen LogP contribution is -2.50. The number of aryl methyl sites for hydroxylation is 1. The minimum absolute atomic E-state index is 0.0359. The third-order valence-corrected chi connectivity index (χ3v) is 8.50. The van der Waals surface area contributed by atoms with E-state index in [1.807, 2.05) is 70.1 Å². The molecule has 8 nitrogen and oxygen atoms in total. The van der Waals surface area contributed by atoms with Crippen LogP contribution in [-0.4, -0.2) is 70.7 Å². The summed E-state index contributed by atoms with van der Waals surface area (Å²) in [5, 5.41) is 4.07. The molecule has 0 aliphatic carbocycles. The third kappa shape index (κ3) is 4.61. The average Bonchev–Trinajstić information content (AvgIpc) is 3.74. The van der Waals surface area contributed by atoms with Gasteiger partial charge in [0.05, 0.1) is 30.5 Å². The molecule has 7 rings (SSSR count).